The lowest BCUT2D eigenvalue weighted by Crippen LogP contribution is -2.16. The maximum atomic E-state index is 5.40. The van der Waals surface area contributed by atoms with Gasteiger partial charge in [-0.15, -0.1) is 0 Å². The summed E-state index contributed by atoms with van der Waals surface area (Å²) >= 11 is 0. The third-order valence-electron chi connectivity index (χ3n) is 10.7. The van der Waals surface area contributed by atoms with Crippen LogP contribution < -0.4 is 0 Å². The van der Waals surface area contributed by atoms with Crippen LogP contribution in [0.3, 0.4) is 0 Å². The summed E-state index contributed by atoms with van der Waals surface area (Å²) in [7, 11) is 0. The van der Waals surface area contributed by atoms with E-state index < -0.39 is 0 Å². The third-order valence-corrected chi connectivity index (χ3v) is 10.7. The van der Waals surface area contributed by atoms with Crippen LogP contribution in [0.1, 0.15) is 59.0 Å². The lowest BCUT2D eigenvalue weighted by Gasteiger charge is -2.23. The van der Waals surface area contributed by atoms with Crippen molar-refractivity contribution in [2.45, 2.75) is 31.6 Å². The second-order valence-electron chi connectivity index (χ2n) is 13.5. The molecule has 222 valence electrons. The summed E-state index contributed by atoms with van der Waals surface area (Å²) in [5.74, 6) is 2.13. The number of benzene rings is 6. The molecule has 0 spiro atoms. The molecule has 3 heteroatoms. The van der Waals surface area contributed by atoms with Crippen molar-refractivity contribution in [2.75, 3.05) is 0 Å². The lowest BCUT2D eigenvalue weighted by atomic mass is 9.81. The predicted molar refractivity (Wildman–Crippen MR) is 189 cm³/mol. The summed E-state index contributed by atoms with van der Waals surface area (Å²) in [6, 6.07) is 48.2. The summed E-state index contributed by atoms with van der Waals surface area (Å²) in [5.41, 5.74) is 17.7. The summed E-state index contributed by atoms with van der Waals surface area (Å²) in [6.45, 7) is 4.70. The van der Waals surface area contributed by atoms with Gasteiger partial charge in [0.2, 0.25) is 0 Å². The second kappa shape index (κ2) is 9.67. The Balaban J connectivity index is 1.21. The van der Waals surface area contributed by atoms with E-state index in [9.17, 15) is 0 Å². The van der Waals surface area contributed by atoms with Crippen LogP contribution in [0.25, 0.3) is 56.2 Å². The van der Waals surface area contributed by atoms with Gasteiger partial charge in [0, 0.05) is 16.5 Å². The Morgan fingerprint density at radius 2 is 1.17 bits per heavy atom. The Bertz CT molecular complexity index is 2420. The molecule has 1 unspecified atom stereocenters. The number of nitrogens with zero attached hydrogens (tertiary/aromatic N) is 3. The van der Waals surface area contributed by atoms with E-state index in [1.165, 1.54) is 66.8 Å². The zero-order chi connectivity index (χ0) is 31.3. The van der Waals surface area contributed by atoms with Gasteiger partial charge in [0.15, 0.2) is 11.6 Å². The van der Waals surface area contributed by atoms with Gasteiger partial charge in [0.05, 0.1) is 5.92 Å². The fourth-order valence-corrected chi connectivity index (χ4v) is 8.40. The molecule has 10 rings (SSSR count). The fourth-order valence-electron chi connectivity index (χ4n) is 8.40. The molecular weight excluding hydrogens is 571 g/mol. The van der Waals surface area contributed by atoms with E-state index in [1.807, 2.05) is 6.07 Å². The lowest BCUT2D eigenvalue weighted by molar-refractivity contribution is 0.659. The maximum absolute atomic E-state index is 5.40. The summed E-state index contributed by atoms with van der Waals surface area (Å²) in [5, 5.41) is 0. The monoisotopic (exact) mass is 601 g/mol. The van der Waals surface area contributed by atoms with E-state index in [-0.39, 0.29) is 11.3 Å². The van der Waals surface area contributed by atoms with Crippen LogP contribution in [0.15, 0.2) is 133 Å². The second-order valence-corrected chi connectivity index (χ2v) is 13.5. The molecule has 1 aromatic heterocycles. The van der Waals surface area contributed by atoms with E-state index in [4.69, 9.17) is 15.0 Å². The van der Waals surface area contributed by atoms with Gasteiger partial charge in [-0.1, -0.05) is 141 Å². The Labute approximate surface area is 274 Å². The van der Waals surface area contributed by atoms with Crippen LogP contribution in [-0.4, -0.2) is 15.0 Å². The molecule has 0 N–H and O–H groups in total. The first-order valence-corrected chi connectivity index (χ1v) is 16.5. The molecule has 0 radical (unpaired) electrons. The quantitative estimate of drug-likeness (QED) is 0.202. The highest BCUT2D eigenvalue weighted by Gasteiger charge is 2.40. The van der Waals surface area contributed by atoms with Crippen LogP contribution in [0, 0.1) is 0 Å². The molecule has 0 saturated carbocycles. The van der Waals surface area contributed by atoms with E-state index in [2.05, 4.69) is 141 Å². The third kappa shape index (κ3) is 3.77. The molecule has 0 fully saturated rings. The number of rotatable bonds is 3. The normalized spacial score (nSPS) is 15.7. The van der Waals surface area contributed by atoms with E-state index >= 15 is 0 Å². The number of hydrogen-bond acceptors (Lipinski definition) is 3. The molecule has 1 heterocycles. The average Bonchev–Trinajstić information content (AvgIpc) is 3.73. The molecule has 6 aromatic carbocycles. The van der Waals surface area contributed by atoms with Crippen LogP contribution in [-0.2, 0) is 11.8 Å². The Kier molecular flexibility index (Phi) is 5.46. The molecule has 0 amide bonds. The van der Waals surface area contributed by atoms with Crippen molar-refractivity contribution in [3.05, 3.63) is 173 Å². The van der Waals surface area contributed by atoms with Crippen LogP contribution in [0.4, 0.5) is 0 Å². The van der Waals surface area contributed by atoms with Crippen LogP contribution in [0.2, 0.25) is 0 Å². The van der Waals surface area contributed by atoms with E-state index in [0.29, 0.717) is 5.82 Å². The van der Waals surface area contributed by atoms with Crippen molar-refractivity contribution >= 4 is 0 Å². The molecule has 0 aliphatic heterocycles. The van der Waals surface area contributed by atoms with Crippen molar-refractivity contribution < 1.29 is 0 Å². The molecule has 0 bridgehead atoms. The first kappa shape index (κ1) is 26.5. The van der Waals surface area contributed by atoms with Gasteiger partial charge in [-0.05, 0) is 79.2 Å². The minimum absolute atomic E-state index is 0.0979. The van der Waals surface area contributed by atoms with Crippen molar-refractivity contribution in [1.82, 2.24) is 15.0 Å². The van der Waals surface area contributed by atoms with Crippen molar-refractivity contribution in [2.24, 2.45) is 0 Å². The van der Waals surface area contributed by atoms with Gasteiger partial charge in [0.1, 0.15) is 5.82 Å². The van der Waals surface area contributed by atoms with Crippen LogP contribution in [0.5, 0.6) is 0 Å². The number of hydrogen-bond donors (Lipinski definition) is 0. The minimum atomic E-state index is -0.107. The molecule has 47 heavy (non-hydrogen) atoms. The van der Waals surface area contributed by atoms with Gasteiger partial charge >= 0.3 is 0 Å². The SMILES string of the molecule is CC1(C)c2ccccc2-c2cc3c(cc21)C(c1nc(-c2ccccc2)nc(-c2cccc4c2Cc2ccccc2-4)n1)c1ccccc1-3. The zero-order valence-electron chi connectivity index (χ0n) is 26.3. The average molecular weight is 602 g/mol. The van der Waals surface area contributed by atoms with E-state index in [1.54, 1.807) is 0 Å². The topological polar surface area (TPSA) is 38.7 Å². The molecule has 3 aliphatic carbocycles. The molecule has 7 aromatic rings. The Morgan fingerprint density at radius 3 is 2.04 bits per heavy atom. The van der Waals surface area contributed by atoms with Crippen molar-refractivity contribution in [1.29, 1.82) is 0 Å². The highest BCUT2D eigenvalue weighted by Crippen LogP contribution is 2.55. The molecule has 3 aliphatic rings. The first-order chi connectivity index (χ1) is 23.1. The maximum Gasteiger partial charge on any atom is 0.164 e. The van der Waals surface area contributed by atoms with Crippen molar-refractivity contribution in [3.8, 4) is 56.2 Å². The molecular formula is C44H31N3. The van der Waals surface area contributed by atoms with Crippen molar-refractivity contribution in [3.63, 3.8) is 0 Å². The van der Waals surface area contributed by atoms with Gasteiger partial charge in [0.25, 0.3) is 0 Å². The standard InChI is InChI=1S/C44H31N3/c1-44(2)38-22-11-10-18-31(38)36-24-35-30-17-8-9-19-32(30)40(37(35)25-39(36)44)43-46-41(26-13-4-3-5-14-26)45-42(47-43)33-21-12-20-29-28-16-7-6-15-27(28)23-34(29)33/h3-22,24-25,40H,23H2,1-2H3. The number of fused-ring (bicyclic) bond motifs is 9. The first-order valence-electron chi connectivity index (χ1n) is 16.5. The van der Waals surface area contributed by atoms with E-state index in [0.717, 1.165) is 29.2 Å². The largest absolute Gasteiger partial charge is 0.212 e. The Morgan fingerprint density at radius 1 is 0.489 bits per heavy atom. The summed E-state index contributed by atoms with van der Waals surface area (Å²) in [6.07, 6.45) is 0.875. The van der Waals surface area contributed by atoms with Gasteiger partial charge < -0.3 is 0 Å². The molecule has 0 saturated heterocycles. The summed E-state index contributed by atoms with van der Waals surface area (Å²) < 4.78 is 0. The highest BCUT2D eigenvalue weighted by molar-refractivity contribution is 5.90. The highest BCUT2D eigenvalue weighted by atomic mass is 15.0. The zero-order valence-corrected chi connectivity index (χ0v) is 26.3. The Hall–Kier alpha value is -5.67. The molecule has 1 atom stereocenters. The fraction of sp³-hybridized carbons (Fsp3) is 0.114. The van der Waals surface area contributed by atoms with Gasteiger partial charge in [-0.3, -0.25) is 0 Å². The molecule has 3 nitrogen and oxygen atoms in total. The summed E-state index contributed by atoms with van der Waals surface area (Å²) in [4.78, 5) is 15.9. The van der Waals surface area contributed by atoms with Crippen LogP contribution >= 0.6 is 0 Å². The minimum Gasteiger partial charge on any atom is -0.212 e. The van der Waals surface area contributed by atoms with Gasteiger partial charge in [-0.25, -0.2) is 15.0 Å². The predicted octanol–water partition coefficient (Wildman–Crippen LogP) is 10.2. The number of aromatic nitrogens is 3. The van der Waals surface area contributed by atoms with Gasteiger partial charge in [-0.2, -0.15) is 0 Å². The smallest absolute Gasteiger partial charge is 0.164 e.